The van der Waals surface area contributed by atoms with Gasteiger partial charge in [0, 0.05) is 12.4 Å². The minimum atomic E-state index is -4.90. The van der Waals surface area contributed by atoms with Crippen molar-refractivity contribution in [1.82, 2.24) is 0 Å². The second kappa shape index (κ2) is 2.17. The van der Waals surface area contributed by atoms with Gasteiger partial charge in [-0.2, -0.15) is 13.2 Å². The summed E-state index contributed by atoms with van der Waals surface area (Å²) in [5.41, 5.74) is 0. The summed E-state index contributed by atoms with van der Waals surface area (Å²) in [6, 6.07) is 0. The topological polar surface area (TPSA) is 29.4 Å². The third kappa shape index (κ3) is 1.97. The molecule has 0 heterocycles. The molecule has 0 aromatic heterocycles. The van der Waals surface area contributed by atoms with Gasteiger partial charge >= 0.3 is 12.1 Å². The van der Waals surface area contributed by atoms with Crippen molar-refractivity contribution in [2.45, 2.75) is 6.18 Å². The lowest BCUT2D eigenvalue weighted by atomic mass is 10.6. The van der Waals surface area contributed by atoms with Crippen molar-refractivity contribution in [3.8, 4) is 0 Å². The Labute approximate surface area is 47.9 Å². The van der Waals surface area contributed by atoms with Gasteiger partial charge in [-0.15, -0.1) is 4.36 Å². The predicted molar refractivity (Wildman–Crippen MR) is 20.9 cm³/mol. The van der Waals surface area contributed by atoms with Gasteiger partial charge < -0.3 is 0 Å². The summed E-state index contributed by atoms with van der Waals surface area (Å²) >= 11 is 3.48. The van der Waals surface area contributed by atoms with Crippen LogP contribution in [-0.4, -0.2) is 12.1 Å². The molecule has 1 amide bonds. The fourth-order valence-corrected chi connectivity index (χ4v) is 0.155. The Morgan fingerprint density at radius 2 is 1.88 bits per heavy atom. The molecule has 0 aliphatic heterocycles. The van der Waals surface area contributed by atoms with Crippen molar-refractivity contribution >= 4 is 18.3 Å². The molecule has 0 bridgehead atoms. The van der Waals surface area contributed by atoms with Crippen LogP contribution in [-0.2, 0) is 17.2 Å². The molecule has 0 rings (SSSR count). The van der Waals surface area contributed by atoms with E-state index >= 15 is 0 Å². The quantitative estimate of drug-likeness (QED) is 0.502. The normalized spacial score (nSPS) is 10.9. The molecule has 0 atom stereocenters. The van der Waals surface area contributed by atoms with Crippen LogP contribution in [0.15, 0.2) is 4.36 Å². The van der Waals surface area contributed by atoms with E-state index in [-0.39, 0.29) is 0 Å². The molecule has 0 saturated heterocycles. The Morgan fingerprint density at radius 3 is 1.88 bits per heavy atom. The molecule has 46 valence electrons. The number of hydrogen-bond acceptors (Lipinski definition) is 2. The number of halogens is 3. The van der Waals surface area contributed by atoms with E-state index in [0.717, 1.165) is 0 Å². The maximum atomic E-state index is 10.9. The molecular formula is C2F3NOS. The van der Waals surface area contributed by atoms with Gasteiger partial charge in [0.1, 0.15) is 0 Å². The second-order valence-electron chi connectivity index (χ2n) is 0.894. The van der Waals surface area contributed by atoms with Crippen LogP contribution in [0.25, 0.3) is 0 Å². The van der Waals surface area contributed by atoms with E-state index in [1.807, 2.05) is 4.36 Å². The predicted octanol–water partition coefficient (Wildman–Crippen LogP) is 0.806. The largest absolute Gasteiger partial charge is 0.474 e. The minimum absolute atomic E-state index is 1.98. The Hall–Kier alpha value is -0.520. The molecule has 0 fully saturated rings. The Balaban J connectivity index is 4.02. The molecule has 0 N–H and O–H groups in total. The average molecular weight is 143 g/mol. The number of carbonyl (C=O) groups is 1. The first-order valence-corrected chi connectivity index (χ1v) is 1.79. The number of carbonyl (C=O) groups excluding carboxylic acids is 1. The van der Waals surface area contributed by atoms with Crippen LogP contribution in [0, 0.1) is 0 Å². The molecule has 0 aliphatic rings. The molecule has 6 heteroatoms. The lowest BCUT2D eigenvalue weighted by Crippen LogP contribution is -2.19. The lowest BCUT2D eigenvalue weighted by Gasteiger charge is -1.94. The highest BCUT2D eigenvalue weighted by Crippen LogP contribution is 2.15. The monoisotopic (exact) mass is 143 g/mol. The number of hydrogen-bond donors (Lipinski definition) is 0. The van der Waals surface area contributed by atoms with Crippen molar-refractivity contribution in [2.75, 3.05) is 0 Å². The number of alkyl halides is 3. The van der Waals surface area contributed by atoms with Crippen molar-refractivity contribution in [3.05, 3.63) is 0 Å². The Morgan fingerprint density at radius 1 is 1.50 bits per heavy atom. The van der Waals surface area contributed by atoms with Crippen molar-refractivity contribution in [3.63, 3.8) is 0 Å². The molecule has 0 unspecified atom stereocenters. The average Bonchev–Trinajstić information content (AvgIpc) is 1.62. The standard InChI is InChI=1S/C2F3NOS/c3-2(4,5)1(7)6-8. The van der Waals surface area contributed by atoms with Crippen LogP contribution in [0.5, 0.6) is 0 Å². The summed E-state index contributed by atoms with van der Waals surface area (Å²) in [6.45, 7) is 0. The Bertz CT molecular complexity index is 119. The molecule has 8 heavy (non-hydrogen) atoms. The smallest absolute Gasteiger partial charge is 0.261 e. The van der Waals surface area contributed by atoms with Gasteiger partial charge in [0.05, 0.1) is 0 Å². The summed E-state index contributed by atoms with van der Waals surface area (Å²) in [7, 11) is 0. The highest BCUT2D eigenvalue weighted by molar-refractivity contribution is 7.47. The van der Waals surface area contributed by atoms with Crippen LogP contribution in [0.3, 0.4) is 0 Å². The fraction of sp³-hybridized carbons (Fsp3) is 0.500. The number of rotatable bonds is 0. The van der Waals surface area contributed by atoms with Gasteiger partial charge in [-0.05, 0) is 0 Å². The molecular weight excluding hydrogens is 143 g/mol. The van der Waals surface area contributed by atoms with E-state index < -0.39 is 12.1 Å². The van der Waals surface area contributed by atoms with Crippen LogP contribution in [0.4, 0.5) is 13.2 Å². The lowest BCUT2D eigenvalue weighted by molar-refractivity contribution is -0.169. The van der Waals surface area contributed by atoms with E-state index in [9.17, 15) is 18.0 Å². The van der Waals surface area contributed by atoms with E-state index in [0.29, 0.717) is 0 Å². The van der Waals surface area contributed by atoms with E-state index in [4.69, 9.17) is 0 Å². The van der Waals surface area contributed by atoms with Gasteiger partial charge in [-0.3, -0.25) is 4.79 Å². The van der Waals surface area contributed by atoms with E-state index in [1.165, 1.54) is 0 Å². The number of amides is 1. The molecule has 0 aromatic rings. The van der Waals surface area contributed by atoms with Gasteiger partial charge in [0.25, 0.3) is 0 Å². The maximum Gasteiger partial charge on any atom is 0.474 e. The Kier molecular flexibility index (Phi) is 2.02. The van der Waals surface area contributed by atoms with Gasteiger partial charge in [-0.25, -0.2) is 0 Å². The molecule has 0 spiro atoms. The summed E-state index contributed by atoms with van der Waals surface area (Å²) < 4.78 is 34.8. The summed E-state index contributed by atoms with van der Waals surface area (Å²) in [4.78, 5) is 9.44. The first kappa shape index (κ1) is 7.48. The van der Waals surface area contributed by atoms with E-state index in [2.05, 4.69) is 12.4 Å². The first-order chi connectivity index (χ1) is 3.48. The van der Waals surface area contributed by atoms with Crippen LogP contribution < -0.4 is 0 Å². The summed E-state index contributed by atoms with van der Waals surface area (Å²) in [6.07, 6.45) is -4.90. The minimum Gasteiger partial charge on any atom is -0.261 e. The van der Waals surface area contributed by atoms with Crippen molar-refractivity contribution < 1.29 is 18.0 Å². The molecule has 0 aliphatic carbocycles. The van der Waals surface area contributed by atoms with Crippen LogP contribution in [0.2, 0.25) is 0 Å². The maximum absolute atomic E-state index is 10.9. The van der Waals surface area contributed by atoms with Gasteiger partial charge in [0.15, 0.2) is 0 Å². The van der Waals surface area contributed by atoms with E-state index in [1.54, 1.807) is 0 Å². The van der Waals surface area contributed by atoms with Gasteiger partial charge in [-0.1, -0.05) is 0 Å². The molecule has 2 nitrogen and oxygen atoms in total. The summed E-state index contributed by atoms with van der Waals surface area (Å²) in [5, 5.41) is 0. The zero-order chi connectivity index (χ0) is 6.78. The highest BCUT2D eigenvalue weighted by atomic mass is 32.1. The zero-order valence-corrected chi connectivity index (χ0v) is 4.21. The SMILES string of the molecule is O=C(N=S)C(F)(F)F. The van der Waals surface area contributed by atoms with Crippen LogP contribution >= 0.6 is 0 Å². The zero-order valence-electron chi connectivity index (χ0n) is 3.40. The van der Waals surface area contributed by atoms with Crippen molar-refractivity contribution in [2.24, 2.45) is 4.36 Å². The molecule has 0 saturated carbocycles. The highest BCUT2D eigenvalue weighted by Gasteiger charge is 2.38. The van der Waals surface area contributed by atoms with Crippen molar-refractivity contribution in [1.29, 1.82) is 0 Å². The van der Waals surface area contributed by atoms with Crippen LogP contribution in [0.1, 0.15) is 0 Å². The third-order valence-electron chi connectivity index (χ3n) is 0.325. The third-order valence-corrected chi connectivity index (χ3v) is 0.491. The number of nitrogens with zero attached hydrogens (tertiary/aromatic N) is 1. The second-order valence-corrected chi connectivity index (χ2v) is 1.08. The first-order valence-electron chi connectivity index (χ1n) is 1.43. The molecule has 0 radical (unpaired) electrons. The molecule has 0 aromatic carbocycles. The van der Waals surface area contributed by atoms with Gasteiger partial charge in [0.2, 0.25) is 0 Å². The fourth-order valence-electron chi connectivity index (χ4n) is 0.0518. The summed E-state index contributed by atoms with van der Waals surface area (Å²) in [5.74, 6) is -2.23.